The van der Waals surface area contributed by atoms with Crippen LogP contribution >= 0.6 is 0 Å². The quantitative estimate of drug-likeness (QED) is 0.672. The Bertz CT molecular complexity index is 405. The van der Waals surface area contributed by atoms with Gasteiger partial charge in [0.05, 0.1) is 19.3 Å². The van der Waals surface area contributed by atoms with E-state index in [2.05, 4.69) is 25.2 Å². The van der Waals surface area contributed by atoms with Crippen molar-refractivity contribution in [1.29, 1.82) is 0 Å². The van der Waals surface area contributed by atoms with E-state index in [0.717, 1.165) is 18.0 Å². The fraction of sp³-hybridized carbons (Fsp3) is 0.647. The van der Waals surface area contributed by atoms with Gasteiger partial charge in [-0.25, -0.2) is 0 Å². The lowest BCUT2D eigenvalue weighted by molar-refractivity contribution is 0.0545. The predicted molar refractivity (Wildman–Crippen MR) is 86.2 cm³/mol. The highest BCUT2D eigenvalue weighted by Gasteiger charge is 2.07. The Morgan fingerprint density at radius 3 is 2.38 bits per heavy atom. The summed E-state index contributed by atoms with van der Waals surface area (Å²) in [6.45, 7) is 12.8. The van der Waals surface area contributed by atoms with Crippen LogP contribution in [0.5, 0.6) is 11.5 Å². The maximum atomic E-state index is 5.75. The molecule has 1 N–H and O–H groups in total. The summed E-state index contributed by atoms with van der Waals surface area (Å²) in [6.07, 6.45) is 0.226. The van der Waals surface area contributed by atoms with Crippen LogP contribution in [0.15, 0.2) is 18.2 Å². The maximum Gasteiger partial charge on any atom is 0.161 e. The number of hydrogen-bond acceptors (Lipinski definition) is 4. The molecule has 0 saturated heterocycles. The summed E-state index contributed by atoms with van der Waals surface area (Å²) >= 11 is 0. The monoisotopic (exact) mass is 295 g/mol. The summed E-state index contributed by atoms with van der Waals surface area (Å²) in [7, 11) is 0. The highest BCUT2D eigenvalue weighted by atomic mass is 16.5. The summed E-state index contributed by atoms with van der Waals surface area (Å²) in [5.74, 6) is 1.57. The molecule has 0 bridgehead atoms. The Balaban J connectivity index is 2.61. The Hall–Kier alpha value is -1.26. The van der Waals surface area contributed by atoms with Crippen LogP contribution in [0.1, 0.15) is 40.2 Å². The fourth-order valence-corrected chi connectivity index (χ4v) is 1.81. The van der Waals surface area contributed by atoms with Gasteiger partial charge < -0.3 is 19.5 Å². The van der Waals surface area contributed by atoms with E-state index < -0.39 is 0 Å². The zero-order chi connectivity index (χ0) is 15.7. The summed E-state index contributed by atoms with van der Waals surface area (Å²) in [4.78, 5) is 0. The molecule has 1 aromatic rings. The van der Waals surface area contributed by atoms with Gasteiger partial charge >= 0.3 is 0 Å². The summed E-state index contributed by atoms with van der Waals surface area (Å²) in [5.41, 5.74) is 1.19. The van der Waals surface area contributed by atoms with Gasteiger partial charge in [-0.05, 0) is 38.5 Å². The number of benzene rings is 1. The van der Waals surface area contributed by atoms with Crippen LogP contribution < -0.4 is 14.8 Å². The predicted octanol–water partition coefficient (Wildman–Crippen LogP) is 3.39. The molecule has 0 aliphatic carbocycles. The van der Waals surface area contributed by atoms with Gasteiger partial charge in [-0.2, -0.15) is 0 Å². The number of rotatable bonds is 10. The van der Waals surface area contributed by atoms with Gasteiger partial charge in [0.2, 0.25) is 0 Å². The molecule has 0 aliphatic heterocycles. The fourth-order valence-electron chi connectivity index (χ4n) is 1.81. The lowest BCUT2D eigenvalue weighted by Gasteiger charge is -2.15. The molecule has 0 heterocycles. The Morgan fingerprint density at radius 1 is 1.00 bits per heavy atom. The number of hydrogen-bond donors (Lipinski definition) is 1. The Labute approximate surface area is 128 Å². The standard InChI is InChI=1S/C17H29NO3/c1-6-19-17-11-15(12-18-13(2)3)7-8-16(17)21-10-9-20-14(4)5/h7-8,11,13-14,18H,6,9-10,12H2,1-5H3. The first-order valence-electron chi connectivity index (χ1n) is 7.76. The van der Waals surface area contributed by atoms with Crippen molar-refractivity contribution < 1.29 is 14.2 Å². The van der Waals surface area contributed by atoms with Crippen LogP contribution in [0.2, 0.25) is 0 Å². The molecule has 120 valence electrons. The summed E-state index contributed by atoms with van der Waals surface area (Å²) < 4.78 is 16.9. The normalized spacial score (nSPS) is 11.2. The van der Waals surface area contributed by atoms with Crippen LogP contribution in [0, 0.1) is 0 Å². The van der Waals surface area contributed by atoms with Crippen molar-refractivity contribution >= 4 is 0 Å². The number of ether oxygens (including phenoxy) is 3. The molecule has 0 radical (unpaired) electrons. The van der Waals surface area contributed by atoms with Crippen molar-refractivity contribution in [3.63, 3.8) is 0 Å². The molecule has 0 amide bonds. The molecular weight excluding hydrogens is 266 g/mol. The molecule has 4 heteroatoms. The van der Waals surface area contributed by atoms with Crippen molar-refractivity contribution in [3.8, 4) is 11.5 Å². The van der Waals surface area contributed by atoms with E-state index in [1.807, 2.05) is 32.9 Å². The average Bonchev–Trinajstić information content (AvgIpc) is 2.43. The zero-order valence-corrected chi connectivity index (χ0v) is 13.9. The molecule has 0 aliphatic rings. The molecular formula is C17H29NO3. The largest absolute Gasteiger partial charge is 0.490 e. The van der Waals surface area contributed by atoms with Crippen LogP contribution in [0.3, 0.4) is 0 Å². The van der Waals surface area contributed by atoms with E-state index in [-0.39, 0.29) is 6.10 Å². The molecule has 4 nitrogen and oxygen atoms in total. The van der Waals surface area contributed by atoms with Crippen molar-refractivity contribution in [3.05, 3.63) is 23.8 Å². The van der Waals surface area contributed by atoms with Crippen molar-refractivity contribution in [2.24, 2.45) is 0 Å². The topological polar surface area (TPSA) is 39.7 Å². The first-order chi connectivity index (χ1) is 10.0. The van der Waals surface area contributed by atoms with Crippen molar-refractivity contribution in [2.45, 2.75) is 53.3 Å². The molecule has 0 unspecified atom stereocenters. The van der Waals surface area contributed by atoms with Gasteiger partial charge in [0.25, 0.3) is 0 Å². The minimum absolute atomic E-state index is 0.226. The molecule has 0 atom stereocenters. The maximum absolute atomic E-state index is 5.75. The van der Waals surface area contributed by atoms with Gasteiger partial charge in [0.1, 0.15) is 6.61 Å². The van der Waals surface area contributed by atoms with E-state index >= 15 is 0 Å². The molecule has 0 saturated carbocycles. The van der Waals surface area contributed by atoms with E-state index in [0.29, 0.717) is 25.9 Å². The molecule has 0 fully saturated rings. The Kier molecular flexibility index (Phi) is 8.16. The van der Waals surface area contributed by atoms with E-state index in [9.17, 15) is 0 Å². The summed E-state index contributed by atoms with van der Waals surface area (Å²) in [5, 5.41) is 3.40. The van der Waals surface area contributed by atoms with Crippen molar-refractivity contribution in [2.75, 3.05) is 19.8 Å². The van der Waals surface area contributed by atoms with Gasteiger partial charge in [0, 0.05) is 12.6 Å². The first-order valence-corrected chi connectivity index (χ1v) is 7.76. The summed E-state index contributed by atoms with van der Waals surface area (Å²) in [6, 6.07) is 6.54. The highest BCUT2D eigenvalue weighted by Crippen LogP contribution is 2.28. The lowest BCUT2D eigenvalue weighted by Crippen LogP contribution is -2.21. The second-order valence-electron chi connectivity index (χ2n) is 5.52. The lowest BCUT2D eigenvalue weighted by atomic mass is 10.2. The highest BCUT2D eigenvalue weighted by molar-refractivity contribution is 5.43. The molecule has 0 spiro atoms. The third kappa shape index (κ3) is 7.34. The molecule has 1 aromatic carbocycles. The third-order valence-electron chi connectivity index (χ3n) is 2.81. The van der Waals surface area contributed by atoms with Gasteiger partial charge in [-0.15, -0.1) is 0 Å². The van der Waals surface area contributed by atoms with Gasteiger partial charge in [0.15, 0.2) is 11.5 Å². The van der Waals surface area contributed by atoms with Gasteiger partial charge in [-0.3, -0.25) is 0 Å². The van der Waals surface area contributed by atoms with Crippen LogP contribution in [0.25, 0.3) is 0 Å². The minimum Gasteiger partial charge on any atom is -0.490 e. The van der Waals surface area contributed by atoms with E-state index in [1.54, 1.807) is 0 Å². The second kappa shape index (κ2) is 9.64. The molecule has 0 aromatic heterocycles. The van der Waals surface area contributed by atoms with E-state index in [4.69, 9.17) is 14.2 Å². The van der Waals surface area contributed by atoms with Crippen LogP contribution in [0.4, 0.5) is 0 Å². The third-order valence-corrected chi connectivity index (χ3v) is 2.81. The van der Waals surface area contributed by atoms with E-state index in [1.165, 1.54) is 5.56 Å². The smallest absolute Gasteiger partial charge is 0.161 e. The molecule has 1 rings (SSSR count). The van der Waals surface area contributed by atoms with Gasteiger partial charge in [-0.1, -0.05) is 19.9 Å². The average molecular weight is 295 g/mol. The van der Waals surface area contributed by atoms with Crippen LogP contribution in [-0.2, 0) is 11.3 Å². The SMILES string of the molecule is CCOc1cc(CNC(C)C)ccc1OCCOC(C)C. The molecule has 21 heavy (non-hydrogen) atoms. The second-order valence-corrected chi connectivity index (χ2v) is 5.52. The van der Waals surface area contributed by atoms with Crippen LogP contribution in [-0.4, -0.2) is 32.0 Å². The van der Waals surface area contributed by atoms with Crippen molar-refractivity contribution in [1.82, 2.24) is 5.32 Å². The number of nitrogens with one attached hydrogen (secondary N) is 1. The Morgan fingerprint density at radius 2 is 1.76 bits per heavy atom. The zero-order valence-electron chi connectivity index (χ0n) is 13.9. The minimum atomic E-state index is 0.226. The first kappa shape index (κ1) is 17.8.